The first kappa shape index (κ1) is 24.6. The molecule has 0 bridgehead atoms. The molecule has 1 aromatic carbocycles. The third kappa shape index (κ3) is 5.74. The van der Waals surface area contributed by atoms with Crippen LogP contribution in [0.3, 0.4) is 0 Å². The molecule has 0 spiro atoms. The highest BCUT2D eigenvalue weighted by molar-refractivity contribution is 7.98. The number of rotatable bonds is 9. The molecule has 4 rings (SSSR count). The molecule has 0 unspecified atom stereocenters. The Bertz CT molecular complexity index is 1220. The molecule has 2 aliphatic rings. The van der Waals surface area contributed by atoms with Gasteiger partial charge in [-0.15, -0.1) is 0 Å². The minimum atomic E-state index is -4.05. The topological polar surface area (TPSA) is 136 Å². The molecular weight excluding hydrogens is 480 g/mol. The number of carbonyl (C=O) groups is 1. The number of fused-ring (bicyclic) bond motifs is 1. The number of thioether (sulfide) groups is 1. The van der Waals surface area contributed by atoms with Crippen LogP contribution in [0.15, 0.2) is 44.3 Å². The summed E-state index contributed by atoms with van der Waals surface area (Å²) in [6.45, 7) is 6.26. The van der Waals surface area contributed by atoms with Crippen molar-refractivity contribution in [3.8, 4) is 0 Å². The SMILES string of the molecule is CCOC(=O)C1=C(N)C(=NCCSCc2cc3ccc(CN4CCOCC4)cc3o2)NS1(=O)=O. The van der Waals surface area contributed by atoms with Crippen LogP contribution in [0.1, 0.15) is 18.2 Å². The third-order valence-corrected chi connectivity index (χ3v) is 7.70. The molecule has 12 heteroatoms. The van der Waals surface area contributed by atoms with E-state index in [9.17, 15) is 13.2 Å². The number of sulfonamides is 1. The number of ether oxygens (including phenoxy) is 2. The lowest BCUT2D eigenvalue weighted by Crippen LogP contribution is -2.35. The van der Waals surface area contributed by atoms with Crippen LogP contribution in [-0.4, -0.2) is 70.3 Å². The molecule has 0 radical (unpaired) electrons. The van der Waals surface area contributed by atoms with Crippen LogP contribution in [0.5, 0.6) is 0 Å². The molecular formula is C22H28N4O6S2. The normalized spacial score (nSPS) is 19.6. The first-order valence-corrected chi connectivity index (χ1v) is 13.6. The minimum absolute atomic E-state index is 0.0276. The van der Waals surface area contributed by atoms with E-state index in [0.717, 1.165) is 49.6 Å². The van der Waals surface area contributed by atoms with Crippen molar-refractivity contribution in [1.82, 2.24) is 9.62 Å². The zero-order valence-corrected chi connectivity index (χ0v) is 20.5. The Balaban J connectivity index is 1.30. The van der Waals surface area contributed by atoms with Crippen molar-refractivity contribution in [1.29, 1.82) is 0 Å². The first-order valence-electron chi connectivity index (χ1n) is 11.0. The Morgan fingerprint density at radius 3 is 2.85 bits per heavy atom. The van der Waals surface area contributed by atoms with E-state index in [2.05, 4.69) is 32.8 Å². The van der Waals surface area contributed by atoms with Crippen LogP contribution in [0.2, 0.25) is 0 Å². The van der Waals surface area contributed by atoms with Crippen molar-refractivity contribution < 1.29 is 27.1 Å². The van der Waals surface area contributed by atoms with Gasteiger partial charge in [0.15, 0.2) is 10.7 Å². The number of aliphatic imine (C=N–C) groups is 1. The Morgan fingerprint density at radius 1 is 1.29 bits per heavy atom. The quantitative estimate of drug-likeness (QED) is 0.382. The number of carbonyl (C=O) groups excluding carboxylic acids is 1. The molecule has 1 fully saturated rings. The van der Waals surface area contributed by atoms with Crippen LogP contribution in [0, 0.1) is 0 Å². The van der Waals surface area contributed by atoms with Crippen molar-refractivity contribution in [2.24, 2.45) is 10.7 Å². The number of nitrogens with zero attached hydrogens (tertiary/aromatic N) is 2. The molecule has 2 aromatic rings. The van der Waals surface area contributed by atoms with Gasteiger partial charge >= 0.3 is 5.97 Å². The van der Waals surface area contributed by atoms with Crippen LogP contribution >= 0.6 is 11.8 Å². The van der Waals surface area contributed by atoms with Gasteiger partial charge in [-0.3, -0.25) is 14.6 Å². The highest BCUT2D eigenvalue weighted by Crippen LogP contribution is 2.25. The van der Waals surface area contributed by atoms with Gasteiger partial charge in [-0.05, 0) is 24.6 Å². The van der Waals surface area contributed by atoms with Gasteiger partial charge in [0.1, 0.15) is 17.0 Å². The van der Waals surface area contributed by atoms with E-state index >= 15 is 0 Å². The van der Waals surface area contributed by atoms with Gasteiger partial charge in [0.25, 0.3) is 10.0 Å². The summed E-state index contributed by atoms with van der Waals surface area (Å²) in [5.41, 5.74) is 7.69. The number of benzene rings is 1. The van der Waals surface area contributed by atoms with Crippen LogP contribution < -0.4 is 10.5 Å². The molecule has 0 saturated carbocycles. The van der Waals surface area contributed by atoms with Crippen molar-refractivity contribution in [3.05, 3.63) is 46.2 Å². The summed E-state index contributed by atoms with van der Waals surface area (Å²) in [7, 11) is -4.05. The summed E-state index contributed by atoms with van der Waals surface area (Å²) in [6.07, 6.45) is 0. The van der Waals surface area contributed by atoms with Gasteiger partial charge in [0, 0.05) is 30.8 Å². The van der Waals surface area contributed by atoms with Gasteiger partial charge in [-0.2, -0.15) is 11.8 Å². The molecule has 10 nitrogen and oxygen atoms in total. The van der Waals surface area contributed by atoms with Gasteiger partial charge in [-0.1, -0.05) is 12.1 Å². The monoisotopic (exact) mass is 508 g/mol. The van der Waals surface area contributed by atoms with Crippen LogP contribution in [0.25, 0.3) is 11.0 Å². The van der Waals surface area contributed by atoms with E-state index in [-0.39, 0.29) is 18.1 Å². The second-order valence-electron chi connectivity index (χ2n) is 7.83. The Kier molecular flexibility index (Phi) is 7.81. The predicted molar refractivity (Wildman–Crippen MR) is 131 cm³/mol. The molecule has 1 saturated heterocycles. The second kappa shape index (κ2) is 10.8. The lowest BCUT2D eigenvalue weighted by Gasteiger charge is -2.26. The molecule has 34 heavy (non-hydrogen) atoms. The summed E-state index contributed by atoms with van der Waals surface area (Å²) >= 11 is 1.61. The summed E-state index contributed by atoms with van der Waals surface area (Å²) in [5.74, 6) is 1.13. The number of esters is 1. The molecule has 0 atom stereocenters. The smallest absolute Gasteiger partial charge is 0.354 e. The Morgan fingerprint density at radius 2 is 2.09 bits per heavy atom. The number of nitrogens with one attached hydrogen (secondary N) is 1. The van der Waals surface area contributed by atoms with Crippen molar-refractivity contribution in [2.75, 3.05) is 45.2 Å². The van der Waals surface area contributed by atoms with Crippen LogP contribution in [0.4, 0.5) is 0 Å². The fourth-order valence-electron chi connectivity index (χ4n) is 3.73. The fourth-order valence-corrected chi connectivity index (χ4v) is 5.64. The van der Waals surface area contributed by atoms with E-state index in [1.165, 1.54) is 5.56 Å². The van der Waals surface area contributed by atoms with Crippen LogP contribution in [-0.2, 0) is 36.6 Å². The minimum Gasteiger partial charge on any atom is -0.462 e. The third-order valence-electron chi connectivity index (χ3n) is 5.36. The van der Waals surface area contributed by atoms with E-state index < -0.39 is 20.9 Å². The molecule has 0 aliphatic carbocycles. The van der Waals surface area contributed by atoms with E-state index in [0.29, 0.717) is 18.1 Å². The summed E-state index contributed by atoms with van der Waals surface area (Å²) in [6, 6.07) is 8.33. The average molecular weight is 509 g/mol. The van der Waals surface area contributed by atoms with E-state index in [1.54, 1.807) is 18.7 Å². The molecule has 0 amide bonds. The second-order valence-corrected chi connectivity index (χ2v) is 10.5. The maximum atomic E-state index is 12.1. The number of hydrogen-bond donors (Lipinski definition) is 2. The molecule has 2 aliphatic heterocycles. The van der Waals surface area contributed by atoms with Crippen molar-refractivity contribution in [3.63, 3.8) is 0 Å². The van der Waals surface area contributed by atoms with E-state index in [1.807, 2.05) is 6.07 Å². The lowest BCUT2D eigenvalue weighted by molar-refractivity contribution is -0.137. The number of hydrogen-bond acceptors (Lipinski definition) is 10. The zero-order chi connectivity index (χ0) is 24.1. The van der Waals surface area contributed by atoms with Gasteiger partial charge in [0.05, 0.1) is 32.1 Å². The Hall–Kier alpha value is -2.54. The van der Waals surface area contributed by atoms with Crippen molar-refractivity contribution >= 4 is 44.6 Å². The highest BCUT2D eigenvalue weighted by Gasteiger charge is 2.38. The molecule has 3 N–H and O–H groups in total. The molecule has 184 valence electrons. The average Bonchev–Trinajstić information content (AvgIpc) is 3.30. The zero-order valence-electron chi connectivity index (χ0n) is 18.9. The lowest BCUT2D eigenvalue weighted by atomic mass is 10.1. The predicted octanol–water partition coefficient (Wildman–Crippen LogP) is 1.56. The number of nitrogens with two attached hydrogens (primary N) is 1. The summed E-state index contributed by atoms with van der Waals surface area (Å²) in [5, 5.41) is 1.06. The molecule has 1 aromatic heterocycles. The maximum Gasteiger partial charge on any atom is 0.354 e. The van der Waals surface area contributed by atoms with Gasteiger partial charge in [0.2, 0.25) is 0 Å². The maximum absolute atomic E-state index is 12.1. The Labute approximate surface area is 202 Å². The molecule has 3 heterocycles. The van der Waals surface area contributed by atoms with Gasteiger partial charge < -0.3 is 19.6 Å². The standard InChI is InChI=1S/C22H28N4O6S2/c1-2-31-22(27)20-19(23)21(25-34(20,28)29)24-5-10-33-14-17-12-16-4-3-15(11-18(16)32-17)13-26-6-8-30-9-7-26/h3-4,11-12H,2,5-10,13-14,23H2,1H3,(H,24,25). The van der Waals surface area contributed by atoms with Crippen molar-refractivity contribution in [2.45, 2.75) is 19.2 Å². The highest BCUT2D eigenvalue weighted by atomic mass is 32.2. The first-order chi connectivity index (χ1) is 16.4. The summed E-state index contributed by atoms with van der Waals surface area (Å²) in [4.78, 5) is 17.9. The number of amidine groups is 1. The number of furan rings is 1. The summed E-state index contributed by atoms with van der Waals surface area (Å²) < 4.78 is 42.7. The fraction of sp³-hybridized carbons (Fsp3) is 0.455. The van der Waals surface area contributed by atoms with E-state index in [4.69, 9.17) is 19.6 Å². The number of morpholine rings is 1. The largest absolute Gasteiger partial charge is 0.462 e. The van der Waals surface area contributed by atoms with Gasteiger partial charge in [-0.25, -0.2) is 13.2 Å².